The van der Waals surface area contributed by atoms with Crippen molar-refractivity contribution in [1.82, 2.24) is 5.32 Å². The van der Waals surface area contributed by atoms with Gasteiger partial charge in [0.2, 0.25) is 5.91 Å². The standard InChI is InChI=1S/C13H17F2N3O/c1-13(2)12(19)17-5-6-18(13)9-4-3-8(7-16)10(14)11(9)15/h3-4H,5-7,16H2,1-2H3,(H,17,19). The van der Waals surface area contributed by atoms with E-state index in [1.165, 1.54) is 12.1 Å². The van der Waals surface area contributed by atoms with Crippen molar-refractivity contribution in [2.45, 2.75) is 25.9 Å². The van der Waals surface area contributed by atoms with Gasteiger partial charge >= 0.3 is 0 Å². The monoisotopic (exact) mass is 269 g/mol. The van der Waals surface area contributed by atoms with Crippen molar-refractivity contribution in [3.05, 3.63) is 29.3 Å². The van der Waals surface area contributed by atoms with Gasteiger partial charge in [-0.1, -0.05) is 6.07 Å². The van der Waals surface area contributed by atoms with E-state index in [4.69, 9.17) is 5.73 Å². The molecule has 1 aromatic carbocycles. The lowest BCUT2D eigenvalue weighted by molar-refractivity contribution is -0.126. The van der Waals surface area contributed by atoms with Crippen molar-refractivity contribution in [2.24, 2.45) is 5.73 Å². The third-order valence-electron chi connectivity index (χ3n) is 3.50. The van der Waals surface area contributed by atoms with E-state index in [-0.39, 0.29) is 23.7 Å². The average Bonchev–Trinajstić information content (AvgIpc) is 2.37. The molecule has 6 heteroatoms. The summed E-state index contributed by atoms with van der Waals surface area (Å²) >= 11 is 0. The van der Waals surface area contributed by atoms with Gasteiger partial charge in [0, 0.05) is 25.2 Å². The highest BCUT2D eigenvalue weighted by molar-refractivity contribution is 5.90. The molecule has 1 aliphatic rings. The van der Waals surface area contributed by atoms with E-state index >= 15 is 0 Å². The lowest BCUT2D eigenvalue weighted by Gasteiger charge is -2.43. The molecule has 0 radical (unpaired) electrons. The summed E-state index contributed by atoms with van der Waals surface area (Å²) in [6.45, 7) is 4.12. The molecule has 0 saturated carbocycles. The zero-order valence-corrected chi connectivity index (χ0v) is 11.0. The van der Waals surface area contributed by atoms with Crippen LogP contribution in [0.3, 0.4) is 0 Å². The Morgan fingerprint density at radius 1 is 1.37 bits per heavy atom. The Bertz CT molecular complexity index is 517. The van der Waals surface area contributed by atoms with Gasteiger partial charge in [-0.25, -0.2) is 8.78 Å². The minimum atomic E-state index is -0.953. The van der Waals surface area contributed by atoms with Crippen molar-refractivity contribution in [3.8, 4) is 0 Å². The molecule has 4 nitrogen and oxygen atoms in total. The zero-order valence-electron chi connectivity index (χ0n) is 11.0. The molecular formula is C13H17F2N3O. The number of halogens is 2. The molecule has 0 aromatic heterocycles. The van der Waals surface area contributed by atoms with E-state index in [0.717, 1.165) is 0 Å². The van der Waals surface area contributed by atoms with Crippen LogP contribution in [0.5, 0.6) is 0 Å². The Balaban J connectivity index is 2.47. The van der Waals surface area contributed by atoms with Crippen molar-refractivity contribution >= 4 is 11.6 Å². The van der Waals surface area contributed by atoms with Gasteiger partial charge in [0.25, 0.3) is 0 Å². The van der Waals surface area contributed by atoms with Crippen LogP contribution in [0.25, 0.3) is 0 Å². The first-order valence-electron chi connectivity index (χ1n) is 6.12. The predicted octanol–water partition coefficient (Wildman–Crippen LogP) is 1.14. The van der Waals surface area contributed by atoms with E-state index in [1.807, 2.05) is 0 Å². The maximum atomic E-state index is 14.1. The van der Waals surface area contributed by atoms with Crippen molar-refractivity contribution in [2.75, 3.05) is 18.0 Å². The summed E-state index contributed by atoms with van der Waals surface area (Å²) in [4.78, 5) is 13.4. The molecule has 3 N–H and O–H groups in total. The third kappa shape index (κ3) is 2.16. The second-order valence-electron chi connectivity index (χ2n) is 5.04. The second kappa shape index (κ2) is 4.77. The third-order valence-corrected chi connectivity index (χ3v) is 3.50. The van der Waals surface area contributed by atoms with Gasteiger partial charge in [-0.3, -0.25) is 4.79 Å². The van der Waals surface area contributed by atoms with Crippen molar-refractivity contribution in [1.29, 1.82) is 0 Å². The Kier molecular flexibility index (Phi) is 3.45. The Morgan fingerprint density at radius 2 is 2.05 bits per heavy atom. The topological polar surface area (TPSA) is 58.4 Å². The molecule has 1 saturated heterocycles. The van der Waals surface area contributed by atoms with Crippen LogP contribution in [0.15, 0.2) is 12.1 Å². The number of carbonyl (C=O) groups is 1. The van der Waals surface area contributed by atoms with Crippen LogP contribution in [-0.2, 0) is 11.3 Å². The number of nitrogens with one attached hydrogen (secondary N) is 1. The number of hydrogen-bond donors (Lipinski definition) is 2. The molecule has 19 heavy (non-hydrogen) atoms. The molecule has 104 valence electrons. The van der Waals surface area contributed by atoms with E-state index in [0.29, 0.717) is 13.1 Å². The summed E-state index contributed by atoms with van der Waals surface area (Å²) in [5.41, 5.74) is 4.64. The van der Waals surface area contributed by atoms with Crippen LogP contribution in [0.2, 0.25) is 0 Å². The first-order valence-corrected chi connectivity index (χ1v) is 6.12. The van der Waals surface area contributed by atoms with E-state index in [9.17, 15) is 13.6 Å². The quantitative estimate of drug-likeness (QED) is 0.846. The molecule has 1 aromatic rings. The molecule has 1 aliphatic heterocycles. The molecule has 0 atom stereocenters. The Labute approximate surface area is 110 Å². The zero-order chi connectivity index (χ0) is 14.2. The summed E-state index contributed by atoms with van der Waals surface area (Å²) in [7, 11) is 0. The van der Waals surface area contributed by atoms with Gasteiger partial charge in [0.05, 0.1) is 5.69 Å². The largest absolute Gasteiger partial charge is 0.353 e. The number of hydrogen-bond acceptors (Lipinski definition) is 3. The van der Waals surface area contributed by atoms with Gasteiger partial charge in [-0.2, -0.15) is 0 Å². The lowest BCUT2D eigenvalue weighted by atomic mass is 9.97. The molecule has 1 fully saturated rings. The molecule has 0 unspecified atom stereocenters. The molecule has 0 spiro atoms. The number of carbonyl (C=O) groups excluding carboxylic acids is 1. The summed E-state index contributed by atoms with van der Waals surface area (Å²) in [6.07, 6.45) is 0. The van der Waals surface area contributed by atoms with Gasteiger partial charge in [0.15, 0.2) is 11.6 Å². The molecule has 1 heterocycles. The minimum Gasteiger partial charge on any atom is -0.353 e. The fraction of sp³-hybridized carbons (Fsp3) is 0.462. The van der Waals surface area contributed by atoms with Crippen LogP contribution in [0.1, 0.15) is 19.4 Å². The van der Waals surface area contributed by atoms with Crippen LogP contribution in [0, 0.1) is 11.6 Å². The smallest absolute Gasteiger partial charge is 0.245 e. The minimum absolute atomic E-state index is 0.0626. The second-order valence-corrected chi connectivity index (χ2v) is 5.04. The highest BCUT2D eigenvalue weighted by Gasteiger charge is 2.39. The van der Waals surface area contributed by atoms with Gasteiger partial charge in [0.1, 0.15) is 5.54 Å². The summed E-state index contributed by atoms with van der Waals surface area (Å²) in [5, 5.41) is 2.71. The lowest BCUT2D eigenvalue weighted by Crippen LogP contribution is -2.62. The number of benzene rings is 1. The van der Waals surface area contributed by atoms with Crippen molar-refractivity contribution in [3.63, 3.8) is 0 Å². The maximum Gasteiger partial charge on any atom is 0.245 e. The normalized spacial score (nSPS) is 18.4. The van der Waals surface area contributed by atoms with Crippen LogP contribution in [-0.4, -0.2) is 24.5 Å². The number of anilines is 1. The predicted molar refractivity (Wildman–Crippen MR) is 68.7 cm³/mol. The Hall–Kier alpha value is -1.69. The van der Waals surface area contributed by atoms with E-state index < -0.39 is 17.2 Å². The first kappa shape index (κ1) is 13.7. The summed E-state index contributed by atoms with van der Waals surface area (Å²) in [5.74, 6) is -2.10. The van der Waals surface area contributed by atoms with Gasteiger partial charge < -0.3 is 16.0 Å². The van der Waals surface area contributed by atoms with E-state index in [1.54, 1.807) is 18.7 Å². The number of piperazine rings is 1. The van der Waals surface area contributed by atoms with Gasteiger partial charge in [-0.15, -0.1) is 0 Å². The fourth-order valence-corrected chi connectivity index (χ4v) is 2.27. The first-order chi connectivity index (χ1) is 8.89. The summed E-state index contributed by atoms with van der Waals surface area (Å²) in [6, 6.07) is 2.93. The van der Waals surface area contributed by atoms with Crippen molar-refractivity contribution < 1.29 is 13.6 Å². The molecule has 2 rings (SSSR count). The molecule has 0 bridgehead atoms. The number of amides is 1. The average molecular weight is 269 g/mol. The molecule has 0 aliphatic carbocycles. The number of nitrogens with two attached hydrogens (primary N) is 1. The number of rotatable bonds is 2. The van der Waals surface area contributed by atoms with Crippen LogP contribution >= 0.6 is 0 Å². The molecule has 1 amide bonds. The van der Waals surface area contributed by atoms with Crippen LogP contribution < -0.4 is 16.0 Å². The van der Waals surface area contributed by atoms with Gasteiger partial charge in [-0.05, 0) is 19.9 Å². The maximum absolute atomic E-state index is 14.1. The number of nitrogens with zero attached hydrogens (tertiary/aromatic N) is 1. The molecular weight excluding hydrogens is 252 g/mol. The Morgan fingerprint density at radius 3 is 2.68 bits per heavy atom. The summed E-state index contributed by atoms with van der Waals surface area (Å²) < 4.78 is 27.9. The van der Waals surface area contributed by atoms with E-state index in [2.05, 4.69) is 5.32 Å². The highest BCUT2D eigenvalue weighted by atomic mass is 19.2. The highest BCUT2D eigenvalue weighted by Crippen LogP contribution is 2.30. The fourth-order valence-electron chi connectivity index (χ4n) is 2.27. The SMILES string of the molecule is CC1(C)C(=O)NCCN1c1ccc(CN)c(F)c1F. The van der Waals surface area contributed by atoms with Crippen LogP contribution in [0.4, 0.5) is 14.5 Å².